The summed E-state index contributed by atoms with van der Waals surface area (Å²) < 4.78 is 0. The van der Waals surface area contributed by atoms with Crippen LogP contribution in [0.1, 0.15) is 22.3 Å². The van der Waals surface area contributed by atoms with Crippen molar-refractivity contribution in [1.29, 1.82) is 0 Å². The van der Waals surface area contributed by atoms with E-state index in [-0.39, 0.29) is 0 Å². The Morgan fingerprint density at radius 3 is 1.52 bits per heavy atom. The van der Waals surface area contributed by atoms with Crippen molar-refractivity contribution in [2.24, 2.45) is 0 Å². The Bertz CT molecular complexity index is 3450. The number of rotatable bonds is 7. The highest BCUT2D eigenvalue weighted by Crippen LogP contribution is 2.60. The first-order chi connectivity index (χ1) is 31.3. The summed E-state index contributed by atoms with van der Waals surface area (Å²) in [6, 6.07) is 87.8. The van der Waals surface area contributed by atoms with Gasteiger partial charge >= 0.3 is 0 Å². The molecular weight excluding hydrogens is 761 g/mol. The van der Waals surface area contributed by atoms with Crippen LogP contribution in [0.25, 0.3) is 88.8 Å². The maximum absolute atomic E-state index is 5.33. The minimum Gasteiger partial charge on any atom is -0.228 e. The first kappa shape index (κ1) is 36.6. The van der Waals surface area contributed by atoms with Gasteiger partial charge < -0.3 is 0 Å². The first-order valence-corrected chi connectivity index (χ1v) is 21.7. The van der Waals surface area contributed by atoms with Crippen molar-refractivity contribution in [2.45, 2.75) is 5.41 Å². The molecule has 1 aromatic heterocycles. The van der Waals surface area contributed by atoms with Crippen LogP contribution in [0, 0.1) is 0 Å². The Labute approximate surface area is 367 Å². The van der Waals surface area contributed by atoms with E-state index in [4.69, 9.17) is 9.97 Å². The second-order valence-corrected chi connectivity index (χ2v) is 16.4. The molecule has 2 nitrogen and oxygen atoms in total. The van der Waals surface area contributed by atoms with Crippen molar-refractivity contribution in [3.8, 4) is 67.3 Å². The van der Waals surface area contributed by atoms with Crippen LogP contribution in [-0.2, 0) is 5.41 Å². The largest absolute Gasteiger partial charge is 0.228 e. The van der Waals surface area contributed by atoms with E-state index >= 15 is 0 Å². The highest BCUT2D eigenvalue weighted by Gasteiger charge is 2.47. The molecule has 1 aliphatic rings. The van der Waals surface area contributed by atoms with Crippen LogP contribution in [0.5, 0.6) is 0 Å². The van der Waals surface area contributed by atoms with E-state index in [1.807, 2.05) is 6.07 Å². The molecule has 0 aliphatic heterocycles. The zero-order valence-corrected chi connectivity index (χ0v) is 34.5. The fourth-order valence-electron chi connectivity index (χ4n) is 10.2. The summed E-state index contributed by atoms with van der Waals surface area (Å²) in [4.78, 5) is 10.5. The van der Waals surface area contributed by atoms with Crippen molar-refractivity contribution in [3.63, 3.8) is 0 Å². The Morgan fingerprint density at radius 2 is 0.810 bits per heavy atom. The zero-order chi connectivity index (χ0) is 41.7. The molecule has 2 heteroatoms. The summed E-state index contributed by atoms with van der Waals surface area (Å²) >= 11 is 0. The maximum Gasteiger partial charge on any atom is 0.160 e. The minimum atomic E-state index is -0.522. The molecule has 0 N–H and O–H groups in total. The number of nitrogens with zero attached hydrogens (tertiary/aromatic N) is 2. The summed E-state index contributed by atoms with van der Waals surface area (Å²) in [5, 5.41) is 4.81. The third kappa shape index (κ3) is 5.95. The topological polar surface area (TPSA) is 25.8 Å². The Balaban J connectivity index is 1.10. The second kappa shape index (κ2) is 15.1. The molecule has 294 valence electrons. The summed E-state index contributed by atoms with van der Waals surface area (Å²) in [5.74, 6) is 0.698. The van der Waals surface area contributed by atoms with Gasteiger partial charge in [0.15, 0.2) is 5.82 Å². The fraction of sp³-hybridized carbons (Fsp3) is 0.0164. The fourth-order valence-corrected chi connectivity index (χ4v) is 10.2. The lowest BCUT2D eigenvalue weighted by molar-refractivity contribution is 0.769. The maximum atomic E-state index is 5.33. The SMILES string of the molecule is c1ccc(-c2cccc(-c3cc(-c4ccc(-c5cccc6c5-c5c(ccc7ccccc57)C6(c5ccccc5)c5ccccc5)c5ccccc45)nc(-c4ccccc4)n3)c2)cc1. The average Bonchev–Trinajstić information content (AvgIpc) is 3.69. The van der Waals surface area contributed by atoms with E-state index in [9.17, 15) is 0 Å². The van der Waals surface area contributed by atoms with Crippen molar-refractivity contribution in [3.05, 3.63) is 265 Å². The van der Waals surface area contributed by atoms with Gasteiger partial charge in [0, 0.05) is 16.7 Å². The van der Waals surface area contributed by atoms with E-state index in [2.05, 4.69) is 237 Å². The van der Waals surface area contributed by atoms with Crippen LogP contribution in [0.15, 0.2) is 243 Å². The predicted molar refractivity (Wildman–Crippen MR) is 262 cm³/mol. The van der Waals surface area contributed by atoms with Crippen molar-refractivity contribution in [1.82, 2.24) is 9.97 Å². The third-order valence-electron chi connectivity index (χ3n) is 13.0. The lowest BCUT2D eigenvalue weighted by Gasteiger charge is -2.34. The smallest absolute Gasteiger partial charge is 0.160 e. The first-order valence-electron chi connectivity index (χ1n) is 21.7. The Kier molecular flexibility index (Phi) is 8.76. The molecule has 0 unspecified atom stereocenters. The molecule has 0 saturated heterocycles. The molecule has 0 fully saturated rings. The van der Waals surface area contributed by atoms with Gasteiger partial charge in [-0.3, -0.25) is 0 Å². The van der Waals surface area contributed by atoms with Gasteiger partial charge in [0.1, 0.15) is 0 Å². The summed E-state index contributed by atoms with van der Waals surface area (Å²) in [6.07, 6.45) is 0. The normalized spacial score (nSPS) is 12.6. The molecule has 11 aromatic rings. The molecule has 12 rings (SSSR count). The van der Waals surface area contributed by atoms with E-state index in [1.165, 1.54) is 66.2 Å². The molecule has 0 spiro atoms. The molecule has 0 radical (unpaired) electrons. The highest BCUT2D eigenvalue weighted by molar-refractivity contribution is 6.12. The molecule has 0 saturated carbocycles. The Morgan fingerprint density at radius 1 is 0.286 bits per heavy atom. The summed E-state index contributed by atoms with van der Waals surface area (Å²) in [6.45, 7) is 0. The second-order valence-electron chi connectivity index (χ2n) is 16.4. The lowest BCUT2D eigenvalue weighted by Crippen LogP contribution is -2.28. The molecule has 10 aromatic carbocycles. The van der Waals surface area contributed by atoms with Crippen LogP contribution >= 0.6 is 0 Å². The molecule has 1 aliphatic carbocycles. The number of benzene rings is 10. The third-order valence-corrected chi connectivity index (χ3v) is 13.0. The summed E-state index contributed by atoms with van der Waals surface area (Å²) in [7, 11) is 0. The van der Waals surface area contributed by atoms with Crippen molar-refractivity contribution >= 4 is 21.5 Å². The van der Waals surface area contributed by atoms with Gasteiger partial charge in [0.25, 0.3) is 0 Å². The average molecular weight is 801 g/mol. The van der Waals surface area contributed by atoms with E-state index in [0.717, 1.165) is 39.0 Å². The van der Waals surface area contributed by atoms with Crippen LogP contribution in [0.3, 0.4) is 0 Å². The zero-order valence-electron chi connectivity index (χ0n) is 34.5. The van der Waals surface area contributed by atoms with Gasteiger partial charge in [-0.2, -0.15) is 0 Å². The minimum absolute atomic E-state index is 0.522. The Hall–Kier alpha value is -8.20. The van der Waals surface area contributed by atoms with Gasteiger partial charge in [-0.15, -0.1) is 0 Å². The van der Waals surface area contributed by atoms with Crippen molar-refractivity contribution < 1.29 is 0 Å². The van der Waals surface area contributed by atoms with Gasteiger partial charge in [-0.1, -0.05) is 231 Å². The van der Waals surface area contributed by atoms with Crippen molar-refractivity contribution in [2.75, 3.05) is 0 Å². The number of aromatic nitrogens is 2. The van der Waals surface area contributed by atoms with Gasteiger partial charge in [0.2, 0.25) is 0 Å². The van der Waals surface area contributed by atoms with E-state index in [1.54, 1.807) is 0 Å². The van der Waals surface area contributed by atoms with Crippen LogP contribution in [0.2, 0.25) is 0 Å². The van der Waals surface area contributed by atoms with Crippen LogP contribution < -0.4 is 0 Å². The number of hydrogen-bond donors (Lipinski definition) is 0. The molecule has 0 amide bonds. The number of fused-ring (bicyclic) bond motifs is 6. The molecule has 0 bridgehead atoms. The highest BCUT2D eigenvalue weighted by atomic mass is 14.9. The standard InChI is InChI=1S/C61H40N2/c1-5-19-41(20-6-1)44-24-17-25-45(39-44)56-40-57(63-60(62-56)43-22-7-2-8-23-43)52-37-36-51(49-31-15-16-32-50(49)52)53-33-18-34-54-59(53)58-48-30-14-13-21-42(48)35-38-55(58)61(54,46-26-9-3-10-27-46)47-28-11-4-12-29-47/h1-40H. The van der Waals surface area contributed by atoms with Crippen LogP contribution in [0.4, 0.5) is 0 Å². The summed E-state index contributed by atoms with van der Waals surface area (Å²) in [5.41, 5.74) is 16.8. The van der Waals surface area contributed by atoms with Gasteiger partial charge in [-0.05, 0) is 89.3 Å². The number of hydrogen-bond acceptors (Lipinski definition) is 2. The van der Waals surface area contributed by atoms with E-state index in [0.29, 0.717) is 5.82 Å². The molecule has 1 heterocycles. The monoisotopic (exact) mass is 800 g/mol. The predicted octanol–water partition coefficient (Wildman–Crippen LogP) is 15.5. The lowest BCUT2D eigenvalue weighted by atomic mass is 9.67. The molecule has 0 atom stereocenters. The van der Waals surface area contributed by atoms with E-state index < -0.39 is 5.41 Å². The molecule has 63 heavy (non-hydrogen) atoms. The van der Waals surface area contributed by atoms with Crippen LogP contribution in [-0.4, -0.2) is 9.97 Å². The molecular formula is C61H40N2. The quantitative estimate of drug-likeness (QED) is 0.160. The van der Waals surface area contributed by atoms with Gasteiger partial charge in [-0.25, -0.2) is 9.97 Å². The van der Waals surface area contributed by atoms with Gasteiger partial charge in [0.05, 0.1) is 16.8 Å².